The van der Waals surface area contributed by atoms with Crippen LogP contribution in [0.5, 0.6) is 0 Å². The van der Waals surface area contributed by atoms with Crippen LogP contribution in [0.15, 0.2) is 0 Å². The molecule has 1 aliphatic rings. The van der Waals surface area contributed by atoms with Gasteiger partial charge in [-0.3, -0.25) is 4.90 Å². The van der Waals surface area contributed by atoms with E-state index in [2.05, 4.69) is 25.7 Å². The van der Waals surface area contributed by atoms with Gasteiger partial charge in [-0.1, -0.05) is 20.8 Å². The Morgan fingerprint density at radius 1 is 1.50 bits per heavy atom. The maximum atomic E-state index is 9.91. The van der Waals surface area contributed by atoms with Gasteiger partial charge >= 0.3 is 0 Å². The van der Waals surface area contributed by atoms with Crippen LogP contribution in [0.25, 0.3) is 0 Å². The summed E-state index contributed by atoms with van der Waals surface area (Å²) < 4.78 is 5.58. The number of hydrogen-bond acceptors (Lipinski definition) is 3. The first kappa shape index (κ1) is 12.0. The highest BCUT2D eigenvalue weighted by Crippen LogP contribution is 2.14. The lowest BCUT2D eigenvalue weighted by atomic mass is 10.0. The molecule has 1 heterocycles. The zero-order valence-electron chi connectivity index (χ0n) is 9.57. The highest BCUT2D eigenvalue weighted by atomic mass is 16.5. The van der Waals surface area contributed by atoms with Gasteiger partial charge in [0.2, 0.25) is 0 Å². The van der Waals surface area contributed by atoms with Gasteiger partial charge in [0.05, 0.1) is 18.8 Å². The van der Waals surface area contributed by atoms with Crippen LogP contribution in [0.4, 0.5) is 0 Å². The van der Waals surface area contributed by atoms with Crippen LogP contribution in [-0.2, 0) is 4.74 Å². The lowest BCUT2D eigenvalue weighted by molar-refractivity contribution is -0.0920. The van der Waals surface area contributed by atoms with Crippen molar-refractivity contribution >= 4 is 0 Å². The molecule has 1 N–H and O–H groups in total. The summed E-state index contributed by atoms with van der Waals surface area (Å²) in [6.45, 7) is 10.1. The number of hydrogen-bond donors (Lipinski definition) is 1. The van der Waals surface area contributed by atoms with E-state index in [9.17, 15) is 5.11 Å². The molecular weight excluding hydrogens is 178 g/mol. The van der Waals surface area contributed by atoms with Crippen molar-refractivity contribution in [1.82, 2.24) is 4.90 Å². The van der Waals surface area contributed by atoms with E-state index in [0.717, 1.165) is 32.7 Å². The number of aliphatic hydroxyl groups excluding tert-OH is 1. The first-order valence-corrected chi connectivity index (χ1v) is 5.65. The molecule has 0 saturated carbocycles. The number of nitrogens with zero attached hydrogens (tertiary/aromatic N) is 1. The van der Waals surface area contributed by atoms with Crippen molar-refractivity contribution in [2.24, 2.45) is 5.92 Å². The molecule has 1 rings (SSSR count). The number of likely N-dealkylation sites (N-methyl/N-ethyl adjacent to an activating group) is 1. The third kappa shape index (κ3) is 3.56. The Hall–Kier alpha value is -0.120. The van der Waals surface area contributed by atoms with E-state index in [0.29, 0.717) is 5.92 Å². The Kier molecular flexibility index (Phi) is 4.85. The van der Waals surface area contributed by atoms with Gasteiger partial charge in [0.15, 0.2) is 0 Å². The molecule has 2 unspecified atom stereocenters. The van der Waals surface area contributed by atoms with Crippen LogP contribution >= 0.6 is 0 Å². The topological polar surface area (TPSA) is 32.7 Å². The zero-order valence-corrected chi connectivity index (χ0v) is 9.57. The molecule has 3 nitrogen and oxygen atoms in total. The predicted octanol–water partition coefficient (Wildman–Crippen LogP) is 1.11. The van der Waals surface area contributed by atoms with Crippen molar-refractivity contribution in [1.29, 1.82) is 0 Å². The molecule has 84 valence electrons. The van der Waals surface area contributed by atoms with Crippen LogP contribution in [0.1, 0.15) is 27.2 Å². The van der Waals surface area contributed by atoms with Gasteiger partial charge in [0.25, 0.3) is 0 Å². The molecule has 0 bridgehead atoms. The Morgan fingerprint density at radius 3 is 2.79 bits per heavy atom. The lowest BCUT2D eigenvalue weighted by Crippen LogP contribution is -2.47. The van der Waals surface area contributed by atoms with Crippen LogP contribution in [0, 0.1) is 5.92 Å². The van der Waals surface area contributed by atoms with Gasteiger partial charge in [-0.2, -0.15) is 0 Å². The van der Waals surface area contributed by atoms with Crippen molar-refractivity contribution in [3.63, 3.8) is 0 Å². The number of rotatable bonds is 4. The summed E-state index contributed by atoms with van der Waals surface area (Å²) in [5, 5.41) is 9.91. The van der Waals surface area contributed by atoms with Crippen molar-refractivity contribution in [2.75, 3.05) is 26.2 Å². The number of morpholine rings is 1. The Balaban J connectivity index is 2.35. The molecule has 0 amide bonds. The van der Waals surface area contributed by atoms with Gasteiger partial charge in [0.1, 0.15) is 0 Å². The second kappa shape index (κ2) is 5.69. The zero-order chi connectivity index (χ0) is 10.6. The van der Waals surface area contributed by atoms with E-state index in [1.54, 1.807) is 0 Å². The Morgan fingerprint density at radius 2 is 2.21 bits per heavy atom. The minimum atomic E-state index is -0.302. The van der Waals surface area contributed by atoms with Gasteiger partial charge in [-0.05, 0) is 18.9 Å². The van der Waals surface area contributed by atoms with Crippen molar-refractivity contribution in [3.05, 3.63) is 0 Å². The third-order valence-corrected chi connectivity index (χ3v) is 2.77. The second-order valence-electron chi connectivity index (χ2n) is 4.50. The quantitative estimate of drug-likeness (QED) is 0.739. The van der Waals surface area contributed by atoms with E-state index in [1.807, 2.05) is 0 Å². The molecular formula is C11H23NO2. The minimum Gasteiger partial charge on any atom is -0.390 e. The van der Waals surface area contributed by atoms with Gasteiger partial charge in [0, 0.05) is 13.1 Å². The minimum absolute atomic E-state index is 0.0195. The van der Waals surface area contributed by atoms with Gasteiger partial charge < -0.3 is 9.84 Å². The predicted molar refractivity (Wildman–Crippen MR) is 57.3 cm³/mol. The van der Waals surface area contributed by atoms with Crippen LogP contribution in [0.2, 0.25) is 0 Å². The SMILES string of the molecule is CCN1CCOC(C(O)CC(C)C)C1. The Bertz CT molecular complexity index is 161. The monoisotopic (exact) mass is 201 g/mol. The molecule has 0 aliphatic carbocycles. The molecule has 0 spiro atoms. The molecule has 2 atom stereocenters. The summed E-state index contributed by atoms with van der Waals surface area (Å²) >= 11 is 0. The van der Waals surface area contributed by atoms with E-state index in [1.165, 1.54) is 0 Å². The summed E-state index contributed by atoms with van der Waals surface area (Å²) in [6.07, 6.45) is 0.554. The largest absolute Gasteiger partial charge is 0.390 e. The first-order valence-electron chi connectivity index (χ1n) is 5.65. The van der Waals surface area contributed by atoms with Crippen LogP contribution < -0.4 is 0 Å². The second-order valence-corrected chi connectivity index (χ2v) is 4.50. The molecule has 3 heteroatoms. The molecule has 0 aromatic carbocycles. The third-order valence-electron chi connectivity index (χ3n) is 2.77. The molecule has 0 aromatic rings. The fourth-order valence-electron chi connectivity index (χ4n) is 1.89. The smallest absolute Gasteiger partial charge is 0.0961 e. The molecule has 1 saturated heterocycles. The standard InChI is InChI=1S/C11H23NO2/c1-4-12-5-6-14-11(8-12)10(13)7-9(2)3/h9-11,13H,4-8H2,1-3H3. The van der Waals surface area contributed by atoms with Crippen molar-refractivity contribution in [3.8, 4) is 0 Å². The molecule has 1 fully saturated rings. The Labute approximate surface area is 87.1 Å². The number of aliphatic hydroxyl groups is 1. The highest BCUT2D eigenvalue weighted by molar-refractivity contribution is 4.77. The maximum Gasteiger partial charge on any atom is 0.0961 e. The number of ether oxygens (including phenoxy) is 1. The summed E-state index contributed by atoms with van der Waals surface area (Å²) in [7, 11) is 0. The van der Waals surface area contributed by atoms with Crippen molar-refractivity contribution in [2.45, 2.75) is 39.4 Å². The average Bonchev–Trinajstić information content (AvgIpc) is 2.17. The van der Waals surface area contributed by atoms with E-state index < -0.39 is 0 Å². The molecule has 14 heavy (non-hydrogen) atoms. The van der Waals surface area contributed by atoms with Crippen molar-refractivity contribution < 1.29 is 9.84 Å². The summed E-state index contributed by atoms with van der Waals surface area (Å²) in [5.41, 5.74) is 0. The normalized spacial score (nSPS) is 26.8. The fourth-order valence-corrected chi connectivity index (χ4v) is 1.89. The van der Waals surface area contributed by atoms with Crippen LogP contribution in [0.3, 0.4) is 0 Å². The molecule has 0 radical (unpaired) electrons. The maximum absolute atomic E-state index is 9.91. The fraction of sp³-hybridized carbons (Fsp3) is 1.00. The summed E-state index contributed by atoms with van der Waals surface area (Å²) in [4.78, 5) is 2.33. The van der Waals surface area contributed by atoms with Gasteiger partial charge in [-0.25, -0.2) is 0 Å². The molecule has 1 aliphatic heterocycles. The van der Waals surface area contributed by atoms with E-state index in [-0.39, 0.29) is 12.2 Å². The van der Waals surface area contributed by atoms with Crippen LogP contribution in [-0.4, -0.2) is 48.5 Å². The lowest BCUT2D eigenvalue weighted by Gasteiger charge is -2.35. The van der Waals surface area contributed by atoms with E-state index >= 15 is 0 Å². The average molecular weight is 201 g/mol. The summed E-state index contributed by atoms with van der Waals surface area (Å²) in [5.74, 6) is 0.533. The first-order chi connectivity index (χ1) is 6.63. The molecule has 0 aromatic heterocycles. The van der Waals surface area contributed by atoms with E-state index in [4.69, 9.17) is 4.74 Å². The highest BCUT2D eigenvalue weighted by Gasteiger charge is 2.26. The van der Waals surface area contributed by atoms with Gasteiger partial charge in [-0.15, -0.1) is 0 Å². The summed E-state index contributed by atoms with van der Waals surface area (Å²) in [6, 6.07) is 0.